The van der Waals surface area contributed by atoms with E-state index in [2.05, 4.69) is 5.32 Å². The lowest BCUT2D eigenvalue weighted by atomic mass is 9.90. The van der Waals surface area contributed by atoms with Crippen LogP contribution in [-0.2, 0) is 4.79 Å². The zero-order valence-electron chi connectivity index (χ0n) is 10.9. The second-order valence-electron chi connectivity index (χ2n) is 5.30. The lowest BCUT2D eigenvalue weighted by Gasteiger charge is -2.29. The second-order valence-corrected chi connectivity index (χ2v) is 5.30. The number of fused-ring (bicyclic) bond motifs is 1. The maximum Gasteiger partial charge on any atom is 0.265 e. The van der Waals surface area contributed by atoms with E-state index in [0.717, 1.165) is 5.56 Å². The van der Waals surface area contributed by atoms with Gasteiger partial charge in [0, 0.05) is 11.6 Å². The molecule has 5 nitrogen and oxygen atoms in total. The molecule has 1 aromatic rings. The number of rotatable bonds is 2. The molecule has 1 aliphatic rings. The summed E-state index contributed by atoms with van der Waals surface area (Å²) in [6.45, 7) is 5.45. The number of nitrogens with one attached hydrogen (secondary N) is 1. The first-order chi connectivity index (χ1) is 8.29. The number of amides is 1. The smallest absolute Gasteiger partial charge is 0.265 e. The molecule has 98 valence electrons. The molecule has 0 fully saturated rings. The highest BCUT2D eigenvalue weighted by molar-refractivity contribution is 5.97. The molecule has 0 aromatic heterocycles. The minimum absolute atomic E-state index is 0.153. The van der Waals surface area contributed by atoms with Crippen molar-refractivity contribution in [3.63, 3.8) is 0 Å². The average Bonchev–Trinajstić information content (AvgIpc) is 2.28. The first-order valence-corrected chi connectivity index (χ1v) is 5.95. The van der Waals surface area contributed by atoms with Gasteiger partial charge in [-0.15, -0.1) is 0 Å². The summed E-state index contributed by atoms with van der Waals surface area (Å²) in [6.07, 6.45) is -0.469. The lowest BCUT2D eigenvalue weighted by Crippen LogP contribution is -2.43. The summed E-state index contributed by atoms with van der Waals surface area (Å²) in [5.41, 5.74) is 13.1. The van der Waals surface area contributed by atoms with Crippen LogP contribution < -0.4 is 21.5 Å². The summed E-state index contributed by atoms with van der Waals surface area (Å²) in [5, 5.41) is 2.80. The molecule has 0 saturated heterocycles. The molecule has 1 aromatic carbocycles. The zero-order valence-corrected chi connectivity index (χ0v) is 10.9. The van der Waals surface area contributed by atoms with Gasteiger partial charge in [0.1, 0.15) is 5.75 Å². The fraction of sp³-hybridized carbons (Fsp3) is 0.462. The van der Waals surface area contributed by atoms with E-state index < -0.39 is 11.6 Å². The molecule has 0 bridgehead atoms. The summed E-state index contributed by atoms with van der Waals surface area (Å²) in [4.78, 5) is 11.5. The Bertz CT molecular complexity index is 480. The molecule has 18 heavy (non-hydrogen) atoms. The molecule has 1 heterocycles. The Morgan fingerprint density at radius 2 is 2.11 bits per heavy atom. The van der Waals surface area contributed by atoms with Gasteiger partial charge in [-0.3, -0.25) is 4.79 Å². The van der Waals surface area contributed by atoms with Crippen LogP contribution in [-0.4, -0.2) is 17.6 Å². The van der Waals surface area contributed by atoms with E-state index in [1.54, 1.807) is 6.92 Å². The number of carbonyl (C=O) groups excluding carboxylic acids is 1. The number of benzene rings is 1. The van der Waals surface area contributed by atoms with Crippen molar-refractivity contribution in [1.29, 1.82) is 0 Å². The van der Waals surface area contributed by atoms with Gasteiger partial charge in [0.15, 0.2) is 6.10 Å². The topological polar surface area (TPSA) is 90.4 Å². The number of hydrogen-bond acceptors (Lipinski definition) is 4. The first-order valence-electron chi connectivity index (χ1n) is 5.95. The first kappa shape index (κ1) is 12.9. The van der Waals surface area contributed by atoms with Crippen molar-refractivity contribution in [2.45, 2.75) is 38.5 Å². The molecular weight excluding hydrogens is 230 g/mol. The Morgan fingerprint density at radius 3 is 2.72 bits per heavy atom. The van der Waals surface area contributed by atoms with Crippen molar-refractivity contribution in [1.82, 2.24) is 0 Å². The molecule has 0 spiro atoms. The van der Waals surface area contributed by atoms with E-state index in [0.29, 0.717) is 11.4 Å². The van der Waals surface area contributed by atoms with Gasteiger partial charge in [-0.25, -0.2) is 0 Å². The summed E-state index contributed by atoms with van der Waals surface area (Å²) in [5.74, 6) is 0.508. The third-order valence-electron chi connectivity index (χ3n) is 3.10. The Labute approximate surface area is 106 Å². The normalized spacial score (nSPS) is 20.7. The third-order valence-corrected chi connectivity index (χ3v) is 3.10. The van der Waals surface area contributed by atoms with Crippen LogP contribution in [0.3, 0.4) is 0 Å². The van der Waals surface area contributed by atoms with Crippen molar-refractivity contribution in [2.75, 3.05) is 5.32 Å². The van der Waals surface area contributed by atoms with E-state index >= 15 is 0 Å². The van der Waals surface area contributed by atoms with Crippen molar-refractivity contribution in [2.24, 2.45) is 11.5 Å². The monoisotopic (exact) mass is 249 g/mol. The third kappa shape index (κ3) is 2.32. The Kier molecular flexibility index (Phi) is 3.04. The van der Waals surface area contributed by atoms with Crippen LogP contribution in [0.25, 0.3) is 0 Å². The van der Waals surface area contributed by atoms with Crippen molar-refractivity contribution < 1.29 is 9.53 Å². The number of nitrogens with two attached hydrogens (primary N) is 2. The Hall–Kier alpha value is -1.59. The number of hydrogen-bond donors (Lipinski definition) is 3. The van der Waals surface area contributed by atoms with Gasteiger partial charge in [0.25, 0.3) is 5.91 Å². The van der Waals surface area contributed by atoms with E-state index in [1.165, 1.54) is 0 Å². The van der Waals surface area contributed by atoms with Crippen molar-refractivity contribution in [3.05, 3.63) is 23.8 Å². The average molecular weight is 249 g/mol. The molecule has 0 aliphatic carbocycles. The second kappa shape index (κ2) is 4.26. The Balaban J connectivity index is 2.34. The van der Waals surface area contributed by atoms with Crippen molar-refractivity contribution >= 4 is 11.6 Å². The van der Waals surface area contributed by atoms with Crippen LogP contribution in [0, 0.1) is 0 Å². The molecule has 1 amide bonds. The molecule has 1 aliphatic heterocycles. The predicted molar refractivity (Wildman–Crippen MR) is 70.4 cm³/mol. The van der Waals surface area contributed by atoms with Gasteiger partial charge in [0.2, 0.25) is 0 Å². The highest BCUT2D eigenvalue weighted by Crippen LogP contribution is 2.33. The van der Waals surface area contributed by atoms with Crippen LogP contribution in [0.15, 0.2) is 18.2 Å². The highest BCUT2D eigenvalue weighted by atomic mass is 16.5. The number of ether oxygens (including phenoxy) is 1. The molecule has 0 radical (unpaired) electrons. The van der Waals surface area contributed by atoms with Crippen LogP contribution in [0.1, 0.15) is 32.4 Å². The van der Waals surface area contributed by atoms with Crippen LogP contribution in [0.4, 0.5) is 5.69 Å². The molecule has 2 rings (SSSR count). The quantitative estimate of drug-likeness (QED) is 0.733. The predicted octanol–water partition coefficient (Wildman–Crippen LogP) is 1.14. The molecule has 0 saturated carbocycles. The summed E-state index contributed by atoms with van der Waals surface area (Å²) in [7, 11) is 0. The van der Waals surface area contributed by atoms with Crippen molar-refractivity contribution in [3.8, 4) is 5.75 Å². The van der Waals surface area contributed by atoms with Gasteiger partial charge in [-0.05, 0) is 38.5 Å². The minimum atomic E-state index is -0.527. The van der Waals surface area contributed by atoms with Crippen LogP contribution in [0.5, 0.6) is 5.75 Å². The number of carbonyl (C=O) groups is 1. The molecule has 5 heteroatoms. The maximum atomic E-state index is 11.5. The fourth-order valence-corrected chi connectivity index (χ4v) is 1.85. The molecular formula is C13H19N3O2. The maximum absolute atomic E-state index is 11.5. The van der Waals surface area contributed by atoms with Gasteiger partial charge >= 0.3 is 0 Å². The highest BCUT2D eigenvalue weighted by Gasteiger charge is 2.27. The number of anilines is 1. The van der Waals surface area contributed by atoms with E-state index in [4.69, 9.17) is 16.2 Å². The van der Waals surface area contributed by atoms with Gasteiger partial charge in [0.05, 0.1) is 5.69 Å². The molecule has 2 atom stereocenters. The van der Waals surface area contributed by atoms with Crippen LogP contribution in [0.2, 0.25) is 0 Å². The van der Waals surface area contributed by atoms with Crippen LogP contribution >= 0.6 is 0 Å². The standard InChI is InChI=1S/C13H19N3O2/c1-7-12(17)16-9-6-8(4-5-10(9)18-7)11(14)13(2,3)15/h4-7,11H,14-15H2,1-3H3,(H,16,17). The van der Waals surface area contributed by atoms with Gasteiger partial charge < -0.3 is 21.5 Å². The van der Waals surface area contributed by atoms with E-state index in [1.807, 2.05) is 32.0 Å². The van der Waals surface area contributed by atoms with Gasteiger partial charge in [-0.2, -0.15) is 0 Å². The summed E-state index contributed by atoms with van der Waals surface area (Å²) >= 11 is 0. The fourth-order valence-electron chi connectivity index (χ4n) is 1.85. The summed E-state index contributed by atoms with van der Waals surface area (Å²) < 4.78 is 5.48. The Morgan fingerprint density at radius 1 is 1.44 bits per heavy atom. The molecule has 2 unspecified atom stereocenters. The lowest BCUT2D eigenvalue weighted by molar-refractivity contribution is -0.122. The molecule has 5 N–H and O–H groups in total. The van der Waals surface area contributed by atoms with E-state index in [9.17, 15) is 4.79 Å². The largest absolute Gasteiger partial charge is 0.479 e. The summed E-state index contributed by atoms with van der Waals surface area (Å²) in [6, 6.07) is 5.20. The zero-order chi connectivity index (χ0) is 13.5. The van der Waals surface area contributed by atoms with E-state index in [-0.39, 0.29) is 11.9 Å². The minimum Gasteiger partial charge on any atom is -0.479 e. The van der Waals surface area contributed by atoms with Gasteiger partial charge in [-0.1, -0.05) is 6.07 Å². The SMILES string of the molecule is CC1Oc2ccc(C(N)C(C)(C)N)cc2NC1=O.